The first kappa shape index (κ1) is 35.4. The fourth-order valence-electron chi connectivity index (χ4n) is 10.0. The normalized spacial score (nSPS) is 12.9. The summed E-state index contributed by atoms with van der Waals surface area (Å²) in [4.78, 5) is 15.8. The maximum atomic E-state index is 6.41. The molecule has 0 fully saturated rings. The Balaban J connectivity index is 1.09. The minimum Gasteiger partial charge on any atom is -0.456 e. The molecule has 3 aromatic heterocycles. The Bertz CT molecular complexity index is 3620. The molecule has 0 saturated heterocycles. The fraction of sp³-hybridized carbons (Fsp3) is 0.0172. The van der Waals surface area contributed by atoms with Crippen molar-refractivity contribution in [1.29, 1.82) is 0 Å². The molecule has 0 spiro atoms. The van der Waals surface area contributed by atoms with Crippen molar-refractivity contribution in [3.05, 3.63) is 235 Å². The van der Waals surface area contributed by atoms with Gasteiger partial charge in [-0.1, -0.05) is 176 Å². The van der Waals surface area contributed by atoms with E-state index in [0.717, 1.165) is 99.5 Å². The molecule has 12 aromatic rings. The highest BCUT2D eigenvalue weighted by atomic mass is 16.3. The van der Waals surface area contributed by atoms with E-state index in [1.165, 1.54) is 5.56 Å². The Morgan fingerprint density at radius 2 is 0.746 bits per heavy atom. The van der Waals surface area contributed by atoms with Crippen molar-refractivity contribution in [3.63, 3.8) is 0 Å². The van der Waals surface area contributed by atoms with E-state index in [2.05, 4.69) is 164 Å². The summed E-state index contributed by atoms with van der Waals surface area (Å²) in [5.41, 5.74) is 14.6. The highest BCUT2D eigenvalue weighted by Gasteiger charge is 2.47. The van der Waals surface area contributed by atoms with E-state index in [4.69, 9.17) is 23.8 Å². The van der Waals surface area contributed by atoms with Crippen LogP contribution in [0.15, 0.2) is 221 Å². The summed E-state index contributed by atoms with van der Waals surface area (Å²) < 4.78 is 12.8. The maximum Gasteiger partial charge on any atom is 0.164 e. The smallest absolute Gasteiger partial charge is 0.164 e. The predicted octanol–water partition coefficient (Wildman–Crippen LogP) is 14.7. The molecule has 9 aromatic carbocycles. The van der Waals surface area contributed by atoms with Crippen molar-refractivity contribution in [2.45, 2.75) is 5.41 Å². The topological polar surface area (TPSA) is 65.0 Å². The Kier molecular flexibility index (Phi) is 7.75. The van der Waals surface area contributed by atoms with Crippen molar-refractivity contribution < 1.29 is 8.83 Å². The first-order valence-corrected chi connectivity index (χ1v) is 21.3. The predicted molar refractivity (Wildman–Crippen MR) is 253 cm³/mol. The lowest BCUT2D eigenvalue weighted by atomic mass is 9.67. The van der Waals surface area contributed by atoms with Gasteiger partial charge in [-0.25, -0.2) is 15.0 Å². The second-order valence-electron chi connectivity index (χ2n) is 16.3. The Hall–Kier alpha value is -8.41. The van der Waals surface area contributed by atoms with Crippen LogP contribution in [-0.2, 0) is 5.41 Å². The van der Waals surface area contributed by atoms with Crippen LogP contribution in [0.1, 0.15) is 22.3 Å². The van der Waals surface area contributed by atoms with Crippen LogP contribution in [0.5, 0.6) is 0 Å². The average Bonchev–Trinajstić information content (AvgIpc) is 4.02. The van der Waals surface area contributed by atoms with Crippen molar-refractivity contribution >= 4 is 43.9 Å². The standard InChI is InChI=1S/C58H35N3O2/c1-3-14-36(15-4-1)37-26-28-39(29-27-37)56-59-55(38-16-5-2-6-17-38)60-57(61-56)45-21-13-23-49-54(45)44-20-7-10-22-48(44)58(49,40-30-32-52-46(34-40)42-18-8-11-24-50(42)62-52)41-31-33-53-47(35-41)43-19-9-12-25-51(43)63-53/h1-35H. The molecule has 0 N–H and O–H groups in total. The molecule has 1 aliphatic rings. The molecular formula is C58H35N3O2. The molecule has 0 atom stereocenters. The molecule has 0 saturated carbocycles. The molecule has 294 valence electrons. The molecule has 1 aliphatic carbocycles. The molecule has 13 rings (SSSR count). The Morgan fingerprint density at radius 1 is 0.302 bits per heavy atom. The third-order valence-electron chi connectivity index (χ3n) is 12.8. The van der Waals surface area contributed by atoms with Gasteiger partial charge in [-0.05, 0) is 80.9 Å². The number of aromatic nitrogens is 3. The summed E-state index contributed by atoms with van der Waals surface area (Å²) in [6.45, 7) is 0. The third-order valence-corrected chi connectivity index (χ3v) is 12.8. The van der Waals surface area contributed by atoms with Gasteiger partial charge < -0.3 is 8.83 Å². The van der Waals surface area contributed by atoms with E-state index in [-0.39, 0.29) is 0 Å². The summed E-state index contributed by atoms with van der Waals surface area (Å²) in [6, 6.07) is 74.6. The zero-order valence-electron chi connectivity index (χ0n) is 33.9. The molecular weight excluding hydrogens is 771 g/mol. The molecule has 0 radical (unpaired) electrons. The first-order valence-electron chi connectivity index (χ1n) is 21.3. The molecule has 0 unspecified atom stereocenters. The van der Waals surface area contributed by atoms with Crippen LogP contribution in [-0.4, -0.2) is 15.0 Å². The second kappa shape index (κ2) is 13.8. The van der Waals surface area contributed by atoms with E-state index in [1.807, 2.05) is 48.5 Å². The highest BCUT2D eigenvalue weighted by Crippen LogP contribution is 2.59. The SMILES string of the molecule is c1ccc(-c2ccc(-c3nc(-c4ccccc4)nc(-c4cccc5c4-c4ccccc4C5(c4ccc5oc6ccccc6c5c4)c4ccc5oc6ccccc6c5c4)n3)cc2)cc1. The third kappa shape index (κ3) is 5.40. The number of furan rings is 2. The molecule has 0 bridgehead atoms. The number of hydrogen-bond donors (Lipinski definition) is 0. The monoisotopic (exact) mass is 805 g/mol. The molecule has 5 nitrogen and oxygen atoms in total. The van der Waals surface area contributed by atoms with Crippen LogP contribution in [0.25, 0.3) is 100 Å². The van der Waals surface area contributed by atoms with Gasteiger partial charge in [-0.15, -0.1) is 0 Å². The summed E-state index contributed by atoms with van der Waals surface area (Å²) in [6.07, 6.45) is 0. The highest BCUT2D eigenvalue weighted by molar-refractivity contribution is 6.07. The summed E-state index contributed by atoms with van der Waals surface area (Å²) in [5.74, 6) is 1.84. The summed E-state index contributed by atoms with van der Waals surface area (Å²) in [5, 5.41) is 4.33. The van der Waals surface area contributed by atoms with Gasteiger partial charge in [0.05, 0.1) is 5.41 Å². The minimum atomic E-state index is -0.744. The van der Waals surface area contributed by atoms with Crippen LogP contribution < -0.4 is 0 Å². The number of hydrogen-bond acceptors (Lipinski definition) is 5. The van der Waals surface area contributed by atoms with Crippen molar-refractivity contribution in [3.8, 4) is 56.4 Å². The van der Waals surface area contributed by atoms with Gasteiger partial charge in [0.2, 0.25) is 0 Å². The van der Waals surface area contributed by atoms with E-state index in [0.29, 0.717) is 17.5 Å². The molecule has 0 aliphatic heterocycles. The molecule has 3 heterocycles. The largest absolute Gasteiger partial charge is 0.456 e. The van der Waals surface area contributed by atoms with Gasteiger partial charge in [0.15, 0.2) is 17.5 Å². The number of para-hydroxylation sites is 2. The van der Waals surface area contributed by atoms with Crippen LogP contribution >= 0.6 is 0 Å². The second-order valence-corrected chi connectivity index (χ2v) is 16.3. The number of rotatable bonds is 6. The fourth-order valence-corrected chi connectivity index (χ4v) is 10.0. The minimum absolute atomic E-state index is 0.612. The zero-order chi connectivity index (χ0) is 41.5. The lowest BCUT2D eigenvalue weighted by Crippen LogP contribution is -2.28. The average molecular weight is 806 g/mol. The van der Waals surface area contributed by atoms with Crippen molar-refractivity contribution in [2.24, 2.45) is 0 Å². The molecule has 5 heteroatoms. The number of fused-ring (bicyclic) bond motifs is 9. The van der Waals surface area contributed by atoms with Gasteiger partial charge in [0.25, 0.3) is 0 Å². The number of benzene rings is 9. The summed E-state index contributed by atoms with van der Waals surface area (Å²) in [7, 11) is 0. The summed E-state index contributed by atoms with van der Waals surface area (Å²) >= 11 is 0. The van der Waals surface area contributed by atoms with Gasteiger partial charge >= 0.3 is 0 Å². The van der Waals surface area contributed by atoms with E-state index in [1.54, 1.807) is 0 Å². The molecule has 63 heavy (non-hydrogen) atoms. The van der Waals surface area contributed by atoms with Crippen LogP contribution in [0, 0.1) is 0 Å². The van der Waals surface area contributed by atoms with E-state index in [9.17, 15) is 0 Å². The van der Waals surface area contributed by atoms with Crippen molar-refractivity contribution in [2.75, 3.05) is 0 Å². The van der Waals surface area contributed by atoms with Gasteiger partial charge in [0, 0.05) is 38.2 Å². The van der Waals surface area contributed by atoms with Gasteiger partial charge in [-0.2, -0.15) is 0 Å². The quantitative estimate of drug-likeness (QED) is 0.167. The lowest BCUT2D eigenvalue weighted by molar-refractivity contribution is 0.667. The van der Waals surface area contributed by atoms with E-state index < -0.39 is 5.41 Å². The lowest BCUT2D eigenvalue weighted by Gasteiger charge is -2.34. The van der Waals surface area contributed by atoms with Crippen LogP contribution in [0.2, 0.25) is 0 Å². The van der Waals surface area contributed by atoms with Crippen molar-refractivity contribution in [1.82, 2.24) is 15.0 Å². The Morgan fingerprint density at radius 3 is 1.38 bits per heavy atom. The van der Waals surface area contributed by atoms with Crippen LogP contribution in [0.3, 0.4) is 0 Å². The van der Waals surface area contributed by atoms with E-state index >= 15 is 0 Å². The Labute approximate surface area is 362 Å². The van der Waals surface area contributed by atoms with Crippen LogP contribution in [0.4, 0.5) is 0 Å². The first-order chi connectivity index (χ1) is 31.2. The maximum absolute atomic E-state index is 6.41. The van der Waals surface area contributed by atoms with Gasteiger partial charge in [-0.3, -0.25) is 0 Å². The molecule has 0 amide bonds. The van der Waals surface area contributed by atoms with Gasteiger partial charge in [0.1, 0.15) is 22.3 Å². The number of nitrogens with zero attached hydrogens (tertiary/aromatic N) is 3. The zero-order valence-corrected chi connectivity index (χ0v) is 33.9.